The molecule has 94 valence electrons. The molecule has 0 saturated heterocycles. The fraction of sp³-hybridized carbons (Fsp3) is 0.583. The van der Waals surface area contributed by atoms with E-state index in [9.17, 15) is 4.79 Å². The van der Waals surface area contributed by atoms with Crippen LogP contribution >= 0.6 is 11.6 Å². The number of nitrogens with zero attached hydrogens (tertiary/aromatic N) is 2. The van der Waals surface area contributed by atoms with Gasteiger partial charge in [0.15, 0.2) is 0 Å². The molecule has 0 aliphatic carbocycles. The second kappa shape index (κ2) is 5.96. The van der Waals surface area contributed by atoms with Crippen LogP contribution in [0.5, 0.6) is 0 Å². The summed E-state index contributed by atoms with van der Waals surface area (Å²) in [6.45, 7) is 6.19. The van der Waals surface area contributed by atoms with Crippen LogP contribution in [-0.2, 0) is 10.2 Å². The first-order valence-electron chi connectivity index (χ1n) is 5.63. The van der Waals surface area contributed by atoms with Crippen LogP contribution < -0.4 is 5.32 Å². The van der Waals surface area contributed by atoms with Gasteiger partial charge in [0.25, 0.3) is 0 Å². The van der Waals surface area contributed by atoms with Crippen molar-refractivity contribution in [1.82, 2.24) is 9.97 Å². The molecule has 0 saturated carbocycles. The third-order valence-electron chi connectivity index (χ3n) is 2.21. The van der Waals surface area contributed by atoms with E-state index in [1.807, 2.05) is 6.07 Å². The summed E-state index contributed by atoms with van der Waals surface area (Å²) in [6, 6.07) is 1.86. The van der Waals surface area contributed by atoms with Gasteiger partial charge in [0.2, 0.25) is 11.9 Å². The van der Waals surface area contributed by atoms with Crippen LogP contribution in [0.15, 0.2) is 12.3 Å². The van der Waals surface area contributed by atoms with Gasteiger partial charge >= 0.3 is 0 Å². The van der Waals surface area contributed by atoms with Gasteiger partial charge in [-0.25, -0.2) is 9.97 Å². The van der Waals surface area contributed by atoms with Gasteiger partial charge in [-0.1, -0.05) is 20.8 Å². The van der Waals surface area contributed by atoms with E-state index in [1.54, 1.807) is 6.20 Å². The minimum atomic E-state index is -0.100. The van der Waals surface area contributed by atoms with Crippen LogP contribution in [0, 0.1) is 0 Å². The highest BCUT2D eigenvalue weighted by molar-refractivity contribution is 6.18. The summed E-state index contributed by atoms with van der Waals surface area (Å²) >= 11 is 5.52. The Kier molecular flexibility index (Phi) is 4.87. The zero-order valence-electron chi connectivity index (χ0n) is 10.5. The van der Waals surface area contributed by atoms with Gasteiger partial charge in [-0.3, -0.25) is 10.1 Å². The van der Waals surface area contributed by atoms with Crippen LogP contribution in [0.25, 0.3) is 0 Å². The lowest BCUT2D eigenvalue weighted by molar-refractivity contribution is -0.116. The number of halogens is 1. The number of carbonyl (C=O) groups excluding carboxylic acids is 1. The first-order valence-corrected chi connectivity index (χ1v) is 6.16. The molecule has 0 unspecified atom stereocenters. The number of rotatable bonds is 4. The van der Waals surface area contributed by atoms with Crippen LogP contribution in [0.4, 0.5) is 5.95 Å². The Morgan fingerprint density at radius 2 is 2.18 bits per heavy atom. The summed E-state index contributed by atoms with van der Waals surface area (Å²) in [6.07, 6.45) is 2.71. The van der Waals surface area contributed by atoms with Gasteiger partial charge in [0.1, 0.15) is 0 Å². The van der Waals surface area contributed by atoms with Crippen molar-refractivity contribution >= 4 is 23.5 Å². The average Bonchev–Trinajstić information content (AvgIpc) is 2.25. The molecule has 1 aromatic rings. The summed E-state index contributed by atoms with van der Waals surface area (Å²) in [5, 5.41) is 2.67. The minimum absolute atomic E-state index is 0.0570. The van der Waals surface area contributed by atoms with Crippen LogP contribution in [-0.4, -0.2) is 21.8 Å². The van der Waals surface area contributed by atoms with Gasteiger partial charge in [0.05, 0.1) is 5.69 Å². The van der Waals surface area contributed by atoms with E-state index in [0.717, 1.165) is 5.69 Å². The highest BCUT2D eigenvalue weighted by Gasteiger charge is 2.16. The molecule has 0 radical (unpaired) electrons. The monoisotopic (exact) mass is 255 g/mol. The summed E-state index contributed by atoms with van der Waals surface area (Å²) in [5.74, 6) is 0.741. The molecule has 1 N–H and O–H groups in total. The molecule has 0 fully saturated rings. The summed E-state index contributed by atoms with van der Waals surface area (Å²) in [5.41, 5.74) is 0.846. The average molecular weight is 256 g/mol. The Labute approximate surface area is 107 Å². The molecule has 5 heteroatoms. The summed E-state index contributed by atoms with van der Waals surface area (Å²) < 4.78 is 0. The Morgan fingerprint density at radius 1 is 1.47 bits per heavy atom. The van der Waals surface area contributed by atoms with E-state index in [0.29, 0.717) is 24.7 Å². The largest absolute Gasteiger partial charge is 0.295 e. The highest BCUT2D eigenvalue weighted by Crippen LogP contribution is 2.20. The number of nitrogens with one attached hydrogen (secondary N) is 1. The second-order valence-electron chi connectivity index (χ2n) is 4.86. The molecular weight excluding hydrogens is 238 g/mol. The maximum absolute atomic E-state index is 11.5. The second-order valence-corrected chi connectivity index (χ2v) is 5.23. The van der Waals surface area contributed by atoms with Gasteiger partial charge in [0, 0.05) is 23.9 Å². The molecule has 0 spiro atoms. The standard InChI is InChI=1S/C12H18ClN3O/c1-12(2,3)9-6-8-14-11(15-9)16-10(17)5-4-7-13/h6,8H,4-5,7H2,1-3H3,(H,14,15,16,17). The number of hydrogen-bond acceptors (Lipinski definition) is 3. The van der Waals surface area contributed by atoms with Crippen LogP contribution in [0.1, 0.15) is 39.3 Å². The summed E-state index contributed by atoms with van der Waals surface area (Å²) in [7, 11) is 0. The van der Waals surface area contributed by atoms with E-state index in [2.05, 4.69) is 36.1 Å². The Morgan fingerprint density at radius 3 is 2.76 bits per heavy atom. The molecule has 17 heavy (non-hydrogen) atoms. The van der Waals surface area contributed by atoms with Crippen molar-refractivity contribution in [2.24, 2.45) is 0 Å². The highest BCUT2D eigenvalue weighted by atomic mass is 35.5. The topological polar surface area (TPSA) is 54.9 Å². The Hall–Kier alpha value is -1.16. The fourth-order valence-electron chi connectivity index (χ4n) is 1.25. The SMILES string of the molecule is CC(C)(C)c1ccnc(NC(=O)CCCCl)n1. The van der Waals surface area contributed by atoms with Gasteiger partial charge in [-0.15, -0.1) is 11.6 Å². The smallest absolute Gasteiger partial charge is 0.229 e. The molecule has 0 aliphatic heterocycles. The third kappa shape index (κ3) is 4.69. The first-order chi connectivity index (χ1) is 7.93. The molecule has 1 amide bonds. The molecule has 0 atom stereocenters. The Bertz CT molecular complexity index is 388. The quantitative estimate of drug-likeness (QED) is 0.842. The molecule has 1 heterocycles. The molecule has 0 aromatic carbocycles. The van der Waals surface area contributed by atoms with Crippen molar-refractivity contribution in [3.05, 3.63) is 18.0 Å². The lowest BCUT2D eigenvalue weighted by Crippen LogP contribution is -2.18. The molecule has 1 aromatic heterocycles. The molecule has 1 rings (SSSR count). The van der Waals surface area contributed by atoms with Gasteiger partial charge < -0.3 is 0 Å². The minimum Gasteiger partial charge on any atom is -0.295 e. The summed E-state index contributed by atoms with van der Waals surface area (Å²) in [4.78, 5) is 19.8. The molecule has 4 nitrogen and oxygen atoms in total. The van der Waals surface area contributed by atoms with Gasteiger partial charge in [-0.2, -0.15) is 0 Å². The third-order valence-corrected chi connectivity index (χ3v) is 2.48. The van der Waals surface area contributed by atoms with Crippen molar-refractivity contribution in [3.8, 4) is 0 Å². The predicted molar refractivity (Wildman–Crippen MR) is 69.3 cm³/mol. The van der Waals surface area contributed by atoms with Crippen molar-refractivity contribution in [2.45, 2.75) is 39.0 Å². The van der Waals surface area contributed by atoms with E-state index in [1.165, 1.54) is 0 Å². The lowest BCUT2D eigenvalue weighted by Gasteiger charge is -2.17. The van der Waals surface area contributed by atoms with E-state index >= 15 is 0 Å². The van der Waals surface area contributed by atoms with Crippen molar-refractivity contribution in [2.75, 3.05) is 11.2 Å². The van der Waals surface area contributed by atoms with Crippen molar-refractivity contribution < 1.29 is 4.79 Å². The zero-order valence-corrected chi connectivity index (χ0v) is 11.2. The number of aromatic nitrogens is 2. The number of alkyl halides is 1. The zero-order chi connectivity index (χ0) is 12.9. The van der Waals surface area contributed by atoms with Crippen LogP contribution in [0.2, 0.25) is 0 Å². The van der Waals surface area contributed by atoms with Gasteiger partial charge in [-0.05, 0) is 12.5 Å². The van der Waals surface area contributed by atoms with E-state index in [4.69, 9.17) is 11.6 Å². The lowest BCUT2D eigenvalue weighted by atomic mass is 9.92. The fourth-order valence-corrected chi connectivity index (χ4v) is 1.38. The maximum atomic E-state index is 11.5. The molecule has 0 bridgehead atoms. The predicted octanol–water partition coefficient (Wildman–Crippen LogP) is 2.73. The first kappa shape index (κ1) is 13.9. The number of hydrogen-bond donors (Lipinski definition) is 1. The normalized spacial score (nSPS) is 11.3. The maximum Gasteiger partial charge on any atom is 0.229 e. The molecular formula is C12H18ClN3O. The van der Waals surface area contributed by atoms with Crippen LogP contribution in [0.3, 0.4) is 0 Å². The van der Waals surface area contributed by atoms with E-state index < -0.39 is 0 Å². The van der Waals surface area contributed by atoms with E-state index in [-0.39, 0.29) is 11.3 Å². The number of anilines is 1. The van der Waals surface area contributed by atoms with Crippen molar-refractivity contribution in [3.63, 3.8) is 0 Å². The molecule has 0 aliphatic rings. The number of amides is 1. The van der Waals surface area contributed by atoms with Crippen molar-refractivity contribution in [1.29, 1.82) is 0 Å². The Balaban J connectivity index is 2.69. The number of carbonyl (C=O) groups is 1.